The van der Waals surface area contributed by atoms with Crippen molar-refractivity contribution in [1.29, 1.82) is 0 Å². The Morgan fingerprint density at radius 1 is 0.900 bits per heavy atom. The van der Waals surface area contributed by atoms with Gasteiger partial charge in [0.25, 0.3) is 0 Å². The van der Waals surface area contributed by atoms with E-state index in [-0.39, 0.29) is 5.56 Å². The van der Waals surface area contributed by atoms with Crippen LogP contribution in [-0.4, -0.2) is 0 Å². The highest BCUT2D eigenvalue weighted by atomic mass is 19.1. The predicted octanol–water partition coefficient (Wildman–Crippen LogP) is 4.11. The van der Waals surface area contributed by atoms with Crippen LogP contribution < -0.4 is 5.73 Å². The molecule has 20 heavy (non-hydrogen) atoms. The summed E-state index contributed by atoms with van der Waals surface area (Å²) in [5.74, 6) is -1.19. The molecular weight excluding hydrogens is 256 g/mol. The van der Waals surface area contributed by atoms with Crippen molar-refractivity contribution in [3.05, 3.63) is 69.8 Å². The molecule has 0 radical (unpaired) electrons. The zero-order valence-corrected chi connectivity index (χ0v) is 12.2. The zero-order chi connectivity index (χ0) is 15.1. The number of rotatable bonds is 2. The third-order valence-electron chi connectivity index (χ3n) is 3.91. The molecule has 1 atom stereocenters. The second-order valence-corrected chi connectivity index (χ2v) is 5.55. The first-order valence-corrected chi connectivity index (χ1v) is 6.57. The average molecular weight is 275 g/mol. The molecule has 0 aliphatic rings. The van der Waals surface area contributed by atoms with Crippen molar-refractivity contribution in [1.82, 2.24) is 0 Å². The summed E-state index contributed by atoms with van der Waals surface area (Å²) in [6, 6.07) is 8.31. The van der Waals surface area contributed by atoms with E-state index in [2.05, 4.69) is 0 Å². The van der Waals surface area contributed by atoms with Gasteiger partial charge in [0.1, 0.15) is 11.6 Å². The van der Waals surface area contributed by atoms with E-state index in [4.69, 9.17) is 5.73 Å². The van der Waals surface area contributed by atoms with Crippen molar-refractivity contribution in [3.63, 3.8) is 0 Å². The van der Waals surface area contributed by atoms with E-state index >= 15 is 0 Å². The molecule has 2 aromatic carbocycles. The summed E-state index contributed by atoms with van der Waals surface area (Å²) in [7, 11) is 0. The lowest BCUT2D eigenvalue weighted by molar-refractivity contribution is 0.478. The van der Waals surface area contributed by atoms with Crippen LogP contribution in [0, 0.1) is 32.4 Å². The van der Waals surface area contributed by atoms with Crippen LogP contribution in [0.5, 0.6) is 0 Å². The zero-order valence-electron chi connectivity index (χ0n) is 12.2. The first-order valence-electron chi connectivity index (χ1n) is 6.57. The topological polar surface area (TPSA) is 26.0 Å². The average Bonchev–Trinajstić information content (AvgIpc) is 2.37. The number of aryl methyl sites for hydroxylation is 3. The molecule has 1 unspecified atom stereocenters. The van der Waals surface area contributed by atoms with Gasteiger partial charge in [0.05, 0.1) is 5.54 Å². The van der Waals surface area contributed by atoms with Gasteiger partial charge >= 0.3 is 0 Å². The van der Waals surface area contributed by atoms with Gasteiger partial charge < -0.3 is 5.73 Å². The molecule has 3 heteroatoms. The molecule has 0 heterocycles. The van der Waals surface area contributed by atoms with Crippen molar-refractivity contribution in [2.75, 3.05) is 0 Å². The monoisotopic (exact) mass is 275 g/mol. The molecule has 106 valence electrons. The van der Waals surface area contributed by atoms with Crippen molar-refractivity contribution in [2.45, 2.75) is 33.2 Å². The molecule has 2 rings (SSSR count). The Bertz CT molecular complexity index is 660. The lowest BCUT2D eigenvalue weighted by Crippen LogP contribution is -2.36. The number of hydrogen-bond donors (Lipinski definition) is 1. The van der Waals surface area contributed by atoms with Gasteiger partial charge in [-0.1, -0.05) is 24.3 Å². The van der Waals surface area contributed by atoms with Crippen molar-refractivity contribution < 1.29 is 8.78 Å². The molecule has 0 spiro atoms. The normalized spacial score (nSPS) is 14.2. The summed E-state index contributed by atoms with van der Waals surface area (Å²) < 4.78 is 28.4. The van der Waals surface area contributed by atoms with Gasteiger partial charge in [-0.25, -0.2) is 8.78 Å². The second-order valence-electron chi connectivity index (χ2n) is 5.55. The molecule has 0 aromatic heterocycles. The number of nitrogens with two attached hydrogens (primary N) is 1. The Hall–Kier alpha value is -1.74. The fraction of sp³-hybridized carbons (Fsp3) is 0.294. The van der Waals surface area contributed by atoms with E-state index in [1.807, 2.05) is 32.0 Å². The van der Waals surface area contributed by atoms with Gasteiger partial charge in [0.2, 0.25) is 0 Å². The molecule has 2 aromatic rings. The molecule has 2 N–H and O–H groups in total. The minimum absolute atomic E-state index is 0.0826. The fourth-order valence-corrected chi connectivity index (χ4v) is 2.34. The maximum atomic E-state index is 14.3. The van der Waals surface area contributed by atoms with Crippen LogP contribution in [0.1, 0.15) is 34.7 Å². The quantitative estimate of drug-likeness (QED) is 0.877. The molecule has 0 saturated carbocycles. The number of halogens is 2. The summed E-state index contributed by atoms with van der Waals surface area (Å²) >= 11 is 0. The highest BCUT2D eigenvalue weighted by Gasteiger charge is 2.31. The molecule has 0 bridgehead atoms. The molecular formula is C17H19F2N. The summed E-state index contributed by atoms with van der Waals surface area (Å²) in [4.78, 5) is 0. The second kappa shape index (κ2) is 4.98. The van der Waals surface area contributed by atoms with Gasteiger partial charge in [-0.2, -0.15) is 0 Å². The first kappa shape index (κ1) is 14.7. The van der Waals surface area contributed by atoms with E-state index < -0.39 is 17.2 Å². The molecule has 0 aliphatic carbocycles. The van der Waals surface area contributed by atoms with Gasteiger partial charge in [-0.05, 0) is 56.0 Å². The molecule has 0 saturated heterocycles. The lowest BCUT2D eigenvalue weighted by Gasteiger charge is -2.28. The predicted molar refractivity (Wildman–Crippen MR) is 77.7 cm³/mol. The largest absolute Gasteiger partial charge is 0.318 e. The van der Waals surface area contributed by atoms with Crippen LogP contribution in [0.2, 0.25) is 0 Å². The summed E-state index contributed by atoms with van der Waals surface area (Å²) in [6.07, 6.45) is 0. The van der Waals surface area contributed by atoms with Crippen molar-refractivity contribution in [3.8, 4) is 0 Å². The van der Waals surface area contributed by atoms with Crippen LogP contribution in [0.25, 0.3) is 0 Å². The smallest absolute Gasteiger partial charge is 0.134 e. The van der Waals surface area contributed by atoms with E-state index in [9.17, 15) is 8.78 Å². The summed E-state index contributed by atoms with van der Waals surface area (Å²) in [5, 5.41) is 0. The molecule has 0 aliphatic heterocycles. The van der Waals surface area contributed by atoms with E-state index in [0.29, 0.717) is 11.1 Å². The minimum atomic E-state index is -1.21. The Morgan fingerprint density at radius 3 is 2.10 bits per heavy atom. The SMILES string of the molecule is Cc1ccc(C(C)(N)c2c(F)ccc(C)c2F)cc1C. The van der Waals surface area contributed by atoms with Gasteiger partial charge in [-0.15, -0.1) is 0 Å². The summed E-state index contributed by atoms with van der Waals surface area (Å²) in [6.45, 7) is 7.19. The maximum absolute atomic E-state index is 14.3. The minimum Gasteiger partial charge on any atom is -0.318 e. The third kappa shape index (κ3) is 2.34. The van der Waals surface area contributed by atoms with Crippen LogP contribution in [0.15, 0.2) is 30.3 Å². The standard InChI is InChI=1S/C17H19F2N/c1-10-5-7-13(9-12(10)3)17(4,20)15-14(18)8-6-11(2)16(15)19/h5-9H,20H2,1-4H3. The van der Waals surface area contributed by atoms with E-state index in [0.717, 1.165) is 11.1 Å². The van der Waals surface area contributed by atoms with E-state index in [1.165, 1.54) is 12.1 Å². The van der Waals surface area contributed by atoms with Crippen molar-refractivity contribution >= 4 is 0 Å². The highest BCUT2D eigenvalue weighted by molar-refractivity contribution is 5.43. The van der Waals surface area contributed by atoms with Crippen molar-refractivity contribution in [2.24, 2.45) is 5.73 Å². The fourth-order valence-electron chi connectivity index (χ4n) is 2.34. The van der Waals surface area contributed by atoms with Crippen LogP contribution in [-0.2, 0) is 5.54 Å². The Kier molecular flexibility index (Phi) is 3.65. The molecule has 1 nitrogen and oxygen atoms in total. The van der Waals surface area contributed by atoms with Gasteiger partial charge in [-0.3, -0.25) is 0 Å². The van der Waals surface area contributed by atoms with Gasteiger partial charge in [0.15, 0.2) is 0 Å². The maximum Gasteiger partial charge on any atom is 0.134 e. The van der Waals surface area contributed by atoms with E-state index in [1.54, 1.807) is 13.8 Å². The highest BCUT2D eigenvalue weighted by Crippen LogP contribution is 2.32. The van der Waals surface area contributed by atoms with Crippen LogP contribution in [0.4, 0.5) is 8.78 Å². The lowest BCUT2D eigenvalue weighted by atomic mass is 9.83. The van der Waals surface area contributed by atoms with Crippen LogP contribution in [0.3, 0.4) is 0 Å². The first-order chi connectivity index (χ1) is 9.25. The molecule has 0 fully saturated rings. The van der Waals surface area contributed by atoms with Crippen LogP contribution >= 0.6 is 0 Å². The third-order valence-corrected chi connectivity index (χ3v) is 3.91. The Labute approximate surface area is 118 Å². The molecule has 0 amide bonds. The Balaban J connectivity index is 2.66. The number of hydrogen-bond acceptors (Lipinski definition) is 1. The number of benzene rings is 2. The Morgan fingerprint density at radius 2 is 1.50 bits per heavy atom. The summed E-state index contributed by atoms with van der Waals surface area (Å²) in [5.41, 5.74) is 8.23. The van der Waals surface area contributed by atoms with Gasteiger partial charge in [0, 0.05) is 5.56 Å².